The summed E-state index contributed by atoms with van der Waals surface area (Å²) in [6.07, 6.45) is 0.250. The zero-order valence-corrected chi connectivity index (χ0v) is 19.2. The van der Waals surface area contributed by atoms with Crippen molar-refractivity contribution in [3.63, 3.8) is 0 Å². The van der Waals surface area contributed by atoms with Crippen molar-refractivity contribution in [2.24, 2.45) is 5.73 Å². The molecule has 34 heavy (non-hydrogen) atoms. The Hall–Kier alpha value is -3.32. The first-order chi connectivity index (χ1) is 16.3. The van der Waals surface area contributed by atoms with Gasteiger partial charge in [0, 0.05) is 14.1 Å². The number of aliphatic hydroxyl groups is 2. The van der Waals surface area contributed by atoms with Gasteiger partial charge in [0.1, 0.15) is 24.3 Å². The molecule has 1 aliphatic heterocycles. The molecule has 12 heteroatoms. The summed E-state index contributed by atoms with van der Waals surface area (Å²) in [4.78, 5) is 27.5. The Morgan fingerprint density at radius 2 is 2.03 bits per heavy atom. The highest BCUT2D eigenvalue weighted by atomic mass is 16.5. The van der Waals surface area contributed by atoms with Gasteiger partial charge in [0.25, 0.3) is 0 Å². The van der Waals surface area contributed by atoms with Gasteiger partial charge in [-0.05, 0) is 24.1 Å². The van der Waals surface area contributed by atoms with E-state index in [-0.39, 0.29) is 0 Å². The molecule has 5 atom stereocenters. The van der Waals surface area contributed by atoms with Gasteiger partial charge in [0.2, 0.25) is 5.91 Å². The largest absolute Gasteiger partial charge is 0.497 e. The van der Waals surface area contributed by atoms with Gasteiger partial charge in [-0.3, -0.25) is 9.36 Å². The van der Waals surface area contributed by atoms with E-state index in [1.165, 1.54) is 12.7 Å². The number of amides is 1. The maximum absolute atomic E-state index is 12.8. The fraction of sp³-hybridized carbons (Fsp3) is 0.455. The number of nitrogens with one attached hydrogen (secondary N) is 1. The van der Waals surface area contributed by atoms with Crippen LogP contribution in [-0.2, 0) is 16.0 Å². The second-order valence-electron chi connectivity index (χ2n) is 8.35. The van der Waals surface area contributed by atoms with E-state index in [4.69, 9.17) is 15.2 Å². The number of methoxy groups -OCH3 is 1. The summed E-state index contributed by atoms with van der Waals surface area (Å²) in [5.74, 6) is 0.861. The molecule has 0 spiro atoms. The number of carbonyl (C=O) groups excluding carboxylic acids is 1. The van der Waals surface area contributed by atoms with E-state index in [1.54, 1.807) is 28.7 Å². The smallest absolute Gasteiger partial charge is 0.237 e. The monoisotopic (exact) mass is 471 g/mol. The molecule has 1 fully saturated rings. The van der Waals surface area contributed by atoms with Gasteiger partial charge in [0.15, 0.2) is 23.2 Å². The van der Waals surface area contributed by atoms with Crippen LogP contribution in [0.1, 0.15) is 11.8 Å². The number of carbonyl (C=O) groups is 1. The van der Waals surface area contributed by atoms with Crippen molar-refractivity contribution in [1.82, 2.24) is 24.8 Å². The molecule has 0 saturated carbocycles. The Morgan fingerprint density at radius 3 is 2.68 bits per heavy atom. The quantitative estimate of drug-likeness (QED) is 0.328. The van der Waals surface area contributed by atoms with Crippen LogP contribution >= 0.6 is 0 Å². The Labute approximate surface area is 196 Å². The van der Waals surface area contributed by atoms with Crippen LogP contribution in [0.25, 0.3) is 11.2 Å². The molecule has 0 bridgehead atoms. The standard InChI is InChI=1S/C22H29N7O5/c1-28(2)19-17-20(25-10-24-19)29(11-26-17)22-18(31)16(15(9-30)34-22)27-21(32)14(23)8-12-4-6-13(33-3)7-5-12/h4-7,10-11,14-16,18,22,30-31H,8-9,23H2,1-3H3,(H,27,32)/t14-,15+,16?,18?,22+/m0/s1. The van der Waals surface area contributed by atoms with E-state index < -0.39 is 43.0 Å². The fourth-order valence-corrected chi connectivity index (χ4v) is 4.04. The lowest BCUT2D eigenvalue weighted by atomic mass is 10.0. The maximum atomic E-state index is 12.8. The molecule has 5 N–H and O–H groups in total. The van der Waals surface area contributed by atoms with E-state index in [0.29, 0.717) is 29.2 Å². The molecule has 2 aromatic heterocycles. The third kappa shape index (κ3) is 4.53. The lowest BCUT2D eigenvalue weighted by Gasteiger charge is -2.23. The van der Waals surface area contributed by atoms with E-state index in [9.17, 15) is 15.0 Å². The molecular formula is C22H29N7O5. The highest BCUT2D eigenvalue weighted by molar-refractivity contribution is 5.83. The first-order valence-corrected chi connectivity index (χ1v) is 10.8. The minimum atomic E-state index is -1.18. The lowest BCUT2D eigenvalue weighted by molar-refractivity contribution is -0.124. The van der Waals surface area contributed by atoms with Crippen molar-refractivity contribution in [3.05, 3.63) is 42.5 Å². The molecule has 1 aromatic carbocycles. The van der Waals surface area contributed by atoms with Crippen LogP contribution < -0.4 is 20.7 Å². The highest BCUT2D eigenvalue weighted by Crippen LogP contribution is 2.32. The number of rotatable bonds is 8. The first kappa shape index (κ1) is 23.8. The van der Waals surface area contributed by atoms with Crippen molar-refractivity contribution in [1.29, 1.82) is 0 Å². The minimum absolute atomic E-state index is 0.295. The Balaban J connectivity index is 1.49. The van der Waals surface area contributed by atoms with Gasteiger partial charge in [-0.2, -0.15) is 0 Å². The zero-order chi connectivity index (χ0) is 24.4. The van der Waals surface area contributed by atoms with Crippen LogP contribution in [0.15, 0.2) is 36.9 Å². The molecule has 182 valence electrons. The molecule has 12 nitrogen and oxygen atoms in total. The molecular weight excluding hydrogens is 442 g/mol. The van der Waals surface area contributed by atoms with Gasteiger partial charge in [-0.25, -0.2) is 15.0 Å². The van der Waals surface area contributed by atoms with Crippen molar-refractivity contribution in [2.45, 2.75) is 36.9 Å². The minimum Gasteiger partial charge on any atom is -0.497 e. The summed E-state index contributed by atoms with van der Waals surface area (Å²) in [6, 6.07) is 5.52. The normalized spacial score (nSPS) is 23.1. The number of hydrogen-bond acceptors (Lipinski definition) is 10. The van der Waals surface area contributed by atoms with Crippen molar-refractivity contribution < 1.29 is 24.5 Å². The summed E-state index contributed by atoms with van der Waals surface area (Å²) in [7, 11) is 5.25. The predicted octanol–water partition coefficient (Wildman–Crippen LogP) is -0.794. The average Bonchev–Trinajstić information content (AvgIpc) is 3.40. The Morgan fingerprint density at radius 1 is 1.29 bits per heavy atom. The number of ether oxygens (including phenoxy) is 2. The molecule has 3 aromatic rings. The van der Waals surface area contributed by atoms with Gasteiger partial charge in [-0.15, -0.1) is 0 Å². The Kier molecular flexibility index (Phi) is 6.93. The molecule has 0 aliphatic carbocycles. The molecule has 3 heterocycles. The summed E-state index contributed by atoms with van der Waals surface area (Å²) in [5, 5.41) is 23.6. The number of anilines is 1. The van der Waals surface area contributed by atoms with Crippen LogP contribution in [-0.4, -0.2) is 87.7 Å². The number of nitrogens with two attached hydrogens (primary N) is 1. The fourth-order valence-electron chi connectivity index (χ4n) is 4.04. The number of nitrogens with zero attached hydrogens (tertiary/aromatic N) is 5. The molecule has 0 radical (unpaired) electrons. The number of hydrogen-bond donors (Lipinski definition) is 4. The summed E-state index contributed by atoms with van der Waals surface area (Å²) < 4.78 is 12.6. The zero-order valence-electron chi connectivity index (χ0n) is 19.2. The maximum Gasteiger partial charge on any atom is 0.237 e. The third-order valence-corrected chi connectivity index (χ3v) is 5.85. The van der Waals surface area contributed by atoms with Gasteiger partial charge in [-0.1, -0.05) is 12.1 Å². The third-order valence-electron chi connectivity index (χ3n) is 5.85. The number of aliphatic hydroxyl groups excluding tert-OH is 2. The Bertz CT molecular complexity index is 1140. The summed E-state index contributed by atoms with van der Waals surface area (Å²) in [5.41, 5.74) is 7.98. The molecule has 1 amide bonds. The molecule has 2 unspecified atom stereocenters. The van der Waals surface area contributed by atoms with Crippen LogP contribution in [0.5, 0.6) is 5.75 Å². The first-order valence-electron chi connectivity index (χ1n) is 10.8. The van der Waals surface area contributed by atoms with Gasteiger partial charge in [0.05, 0.1) is 32.1 Å². The van der Waals surface area contributed by atoms with Gasteiger partial charge >= 0.3 is 0 Å². The van der Waals surface area contributed by atoms with Crippen molar-refractivity contribution in [3.8, 4) is 5.75 Å². The van der Waals surface area contributed by atoms with Crippen LogP contribution in [0.3, 0.4) is 0 Å². The number of fused-ring (bicyclic) bond motifs is 1. The van der Waals surface area contributed by atoms with E-state index in [2.05, 4.69) is 20.3 Å². The predicted molar refractivity (Wildman–Crippen MR) is 123 cm³/mol. The van der Waals surface area contributed by atoms with E-state index in [0.717, 1.165) is 5.56 Å². The molecule has 1 aliphatic rings. The van der Waals surface area contributed by atoms with Gasteiger partial charge < -0.3 is 35.6 Å². The van der Waals surface area contributed by atoms with Crippen LogP contribution in [0.2, 0.25) is 0 Å². The second kappa shape index (κ2) is 9.89. The topological polar surface area (TPSA) is 161 Å². The lowest BCUT2D eigenvalue weighted by Crippen LogP contribution is -2.53. The second-order valence-corrected chi connectivity index (χ2v) is 8.35. The average molecular weight is 472 g/mol. The summed E-state index contributed by atoms with van der Waals surface area (Å²) >= 11 is 0. The van der Waals surface area contributed by atoms with Crippen molar-refractivity contribution >= 4 is 22.9 Å². The number of aromatic nitrogens is 4. The summed E-state index contributed by atoms with van der Waals surface area (Å²) in [6.45, 7) is -0.406. The van der Waals surface area contributed by atoms with E-state index >= 15 is 0 Å². The number of imidazole rings is 1. The van der Waals surface area contributed by atoms with Crippen LogP contribution in [0, 0.1) is 0 Å². The highest BCUT2D eigenvalue weighted by Gasteiger charge is 2.46. The van der Waals surface area contributed by atoms with Crippen LogP contribution in [0.4, 0.5) is 5.82 Å². The SMILES string of the molecule is COc1ccc(C[C@H](N)C(=O)NC2C(O)[C@H](n3cnc4c(N(C)C)ncnc43)O[C@@H]2CO)cc1. The van der Waals surface area contributed by atoms with E-state index in [1.807, 2.05) is 26.2 Å². The molecule has 4 rings (SSSR count). The van der Waals surface area contributed by atoms with Crippen molar-refractivity contribution in [2.75, 3.05) is 32.7 Å². The molecule has 1 saturated heterocycles. The number of benzene rings is 1.